The van der Waals surface area contributed by atoms with Gasteiger partial charge in [0.1, 0.15) is 5.82 Å². The number of nitrogens with two attached hydrogens (primary N) is 1. The number of hydrogen-bond donors (Lipinski definition) is 3. The van der Waals surface area contributed by atoms with Gasteiger partial charge in [0.25, 0.3) is 5.91 Å². The Morgan fingerprint density at radius 1 is 1.40 bits per heavy atom. The van der Waals surface area contributed by atoms with Crippen LogP contribution in [0.3, 0.4) is 0 Å². The summed E-state index contributed by atoms with van der Waals surface area (Å²) in [6.07, 6.45) is 0. The van der Waals surface area contributed by atoms with Crippen LogP contribution >= 0.6 is 15.9 Å². The lowest BCUT2D eigenvalue weighted by Gasteiger charge is -2.06. The molecule has 0 unspecified atom stereocenters. The largest absolute Gasteiger partial charge is 0.444 e. The van der Waals surface area contributed by atoms with Gasteiger partial charge >= 0.3 is 0 Å². The van der Waals surface area contributed by atoms with Crippen molar-refractivity contribution in [2.75, 3.05) is 5.32 Å². The molecule has 104 valence electrons. The first-order valence-corrected chi connectivity index (χ1v) is 6.14. The van der Waals surface area contributed by atoms with Crippen LogP contribution in [0.25, 0.3) is 0 Å². The van der Waals surface area contributed by atoms with Gasteiger partial charge in [-0.2, -0.15) is 0 Å². The molecule has 1 amide bonds. The van der Waals surface area contributed by atoms with Crippen molar-refractivity contribution in [1.82, 2.24) is 0 Å². The van der Waals surface area contributed by atoms with E-state index in [1.807, 2.05) is 0 Å². The monoisotopic (exact) mass is 341 g/mol. The van der Waals surface area contributed by atoms with E-state index in [9.17, 15) is 9.18 Å². The molecule has 1 aromatic carbocycles. The maximum absolute atomic E-state index is 13.5. The summed E-state index contributed by atoms with van der Waals surface area (Å²) in [5.74, 6) is -1.47. The smallest absolute Gasteiger partial charge is 0.291 e. The van der Waals surface area contributed by atoms with Crippen molar-refractivity contribution >= 4 is 33.4 Å². The van der Waals surface area contributed by atoms with Gasteiger partial charge in [0.2, 0.25) is 0 Å². The number of carbonyl (C=O) groups is 1. The molecule has 0 spiro atoms. The first-order valence-electron chi connectivity index (χ1n) is 5.35. The van der Waals surface area contributed by atoms with Gasteiger partial charge in [-0.3, -0.25) is 4.79 Å². The Bertz CT molecular complexity index is 684. The summed E-state index contributed by atoms with van der Waals surface area (Å²) in [6.45, 7) is 0. The number of amidine groups is 1. The fourth-order valence-electron chi connectivity index (χ4n) is 1.48. The van der Waals surface area contributed by atoms with Crippen molar-refractivity contribution in [3.63, 3.8) is 0 Å². The molecule has 20 heavy (non-hydrogen) atoms. The number of benzene rings is 1. The van der Waals surface area contributed by atoms with Crippen LogP contribution in [0, 0.1) is 5.82 Å². The standard InChI is InChI=1S/C12H9BrFN3O3/c13-10-4-3-9(20-10)12(18)16-6-1-2-8(14)7(5-6)11(15)17-19/h1-5,19H,(H2,15,17)(H,16,18). The Morgan fingerprint density at radius 2 is 2.15 bits per heavy atom. The molecule has 2 rings (SSSR count). The van der Waals surface area contributed by atoms with E-state index in [1.165, 1.54) is 18.2 Å². The van der Waals surface area contributed by atoms with Gasteiger partial charge in [0.15, 0.2) is 16.3 Å². The quantitative estimate of drug-likeness (QED) is 0.345. The molecular formula is C12H9BrFN3O3. The van der Waals surface area contributed by atoms with Crippen LogP contribution in [0.2, 0.25) is 0 Å². The summed E-state index contributed by atoms with van der Waals surface area (Å²) >= 11 is 3.08. The van der Waals surface area contributed by atoms with Crippen LogP contribution in [0.5, 0.6) is 0 Å². The third-order valence-electron chi connectivity index (χ3n) is 2.40. The van der Waals surface area contributed by atoms with Crippen LogP contribution in [0.15, 0.2) is 44.6 Å². The zero-order chi connectivity index (χ0) is 14.7. The number of nitrogens with one attached hydrogen (secondary N) is 1. The minimum Gasteiger partial charge on any atom is -0.444 e. The molecule has 0 saturated heterocycles. The van der Waals surface area contributed by atoms with Gasteiger partial charge in [0, 0.05) is 5.69 Å². The second-order valence-electron chi connectivity index (χ2n) is 3.74. The zero-order valence-corrected chi connectivity index (χ0v) is 11.5. The molecule has 8 heteroatoms. The highest BCUT2D eigenvalue weighted by molar-refractivity contribution is 9.10. The number of amides is 1. The molecule has 0 fully saturated rings. The Labute approximate surface area is 121 Å². The van der Waals surface area contributed by atoms with Gasteiger partial charge in [-0.25, -0.2) is 4.39 Å². The molecule has 1 aromatic heterocycles. The third-order valence-corrected chi connectivity index (χ3v) is 2.83. The lowest BCUT2D eigenvalue weighted by molar-refractivity contribution is 0.0995. The summed E-state index contributed by atoms with van der Waals surface area (Å²) in [7, 11) is 0. The van der Waals surface area contributed by atoms with E-state index in [1.54, 1.807) is 6.07 Å². The number of furan rings is 1. The highest BCUT2D eigenvalue weighted by atomic mass is 79.9. The molecule has 0 saturated carbocycles. The van der Waals surface area contributed by atoms with Crippen molar-refractivity contribution in [2.45, 2.75) is 0 Å². The summed E-state index contributed by atoms with van der Waals surface area (Å²) in [5.41, 5.74) is 5.50. The van der Waals surface area contributed by atoms with E-state index in [0.717, 1.165) is 6.07 Å². The predicted octanol–water partition coefficient (Wildman–Crippen LogP) is 2.53. The molecule has 0 atom stereocenters. The summed E-state index contributed by atoms with van der Waals surface area (Å²) < 4.78 is 19.0. The summed E-state index contributed by atoms with van der Waals surface area (Å²) in [6, 6.07) is 6.75. The van der Waals surface area contributed by atoms with E-state index in [4.69, 9.17) is 15.4 Å². The lowest BCUT2D eigenvalue weighted by Crippen LogP contribution is -2.16. The average Bonchev–Trinajstić information content (AvgIpc) is 2.87. The molecule has 4 N–H and O–H groups in total. The van der Waals surface area contributed by atoms with Crippen LogP contribution in [-0.4, -0.2) is 17.0 Å². The van der Waals surface area contributed by atoms with Crippen LogP contribution in [-0.2, 0) is 0 Å². The van der Waals surface area contributed by atoms with Crippen LogP contribution in [0.1, 0.15) is 16.1 Å². The number of anilines is 1. The number of carbonyl (C=O) groups excluding carboxylic acids is 1. The van der Waals surface area contributed by atoms with E-state index in [0.29, 0.717) is 4.67 Å². The van der Waals surface area contributed by atoms with Gasteiger partial charge in [-0.15, -0.1) is 0 Å². The second-order valence-corrected chi connectivity index (χ2v) is 4.52. The highest BCUT2D eigenvalue weighted by Gasteiger charge is 2.13. The fraction of sp³-hybridized carbons (Fsp3) is 0. The Hall–Kier alpha value is -2.35. The van der Waals surface area contributed by atoms with E-state index >= 15 is 0 Å². The minimum absolute atomic E-state index is 0.0894. The molecule has 6 nitrogen and oxygen atoms in total. The van der Waals surface area contributed by atoms with Crippen molar-refractivity contribution in [3.05, 3.63) is 52.1 Å². The normalized spacial score (nSPS) is 11.4. The van der Waals surface area contributed by atoms with Gasteiger partial charge in [-0.1, -0.05) is 5.16 Å². The lowest BCUT2D eigenvalue weighted by atomic mass is 10.1. The maximum atomic E-state index is 13.5. The number of hydrogen-bond acceptors (Lipinski definition) is 4. The first kappa shape index (κ1) is 14.1. The van der Waals surface area contributed by atoms with Crippen molar-refractivity contribution in [1.29, 1.82) is 0 Å². The van der Waals surface area contributed by atoms with Crippen molar-refractivity contribution in [3.8, 4) is 0 Å². The SMILES string of the molecule is NC(=NO)c1cc(NC(=O)c2ccc(Br)o2)ccc1F. The molecule has 0 bridgehead atoms. The minimum atomic E-state index is -0.668. The summed E-state index contributed by atoms with van der Waals surface area (Å²) in [5, 5.41) is 13.8. The second kappa shape index (κ2) is 5.74. The molecule has 0 radical (unpaired) electrons. The Balaban J connectivity index is 2.24. The zero-order valence-electron chi connectivity index (χ0n) is 9.93. The van der Waals surface area contributed by atoms with E-state index in [-0.39, 0.29) is 22.8 Å². The first-order chi connectivity index (χ1) is 9.51. The van der Waals surface area contributed by atoms with Gasteiger partial charge in [-0.05, 0) is 46.3 Å². The van der Waals surface area contributed by atoms with Crippen LogP contribution in [0.4, 0.5) is 10.1 Å². The molecule has 1 heterocycles. The molecule has 0 aliphatic heterocycles. The molecule has 0 aliphatic rings. The fourth-order valence-corrected chi connectivity index (χ4v) is 1.79. The van der Waals surface area contributed by atoms with E-state index < -0.39 is 11.7 Å². The van der Waals surface area contributed by atoms with Gasteiger partial charge in [0.05, 0.1) is 5.56 Å². The van der Waals surface area contributed by atoms with Crippen LogP contribution < -0.4 is 11.1 Å². The van der Waals surface area contributed by atoms with Gasteiger partial charge < -0.3 is 20.7 Å². The molecular weight excluding hydrogens is 333 g/mol. The van der Waals surface area contributed by atoms with Crippen molar-refractivity contribution in [2.24, 2.45) is 10.9 Å². The molecule has 2 aromatic rings. The maximum Gasteiger partial charge on any atom is 0.291 e. The number of oxime groups is 1. The topological polar surface area (TPSA) is 101 Å². The summed E-state index contributed by atoms with van der Waals surface area (Å²) in [4.78, 5) is 11.8. The number of rotatable bonds is 3. The van der Waals surface area contributed by atoms with E-state index in [2.05, 4.69) is 26.4 Å². The predicted molar refractivity (Wildman–Crippen MR) is 73.3 cm³/mol. The number of nitrogens with zero attached hydrogens (tertiary/aromatic N) is 1. The Kier molecular flexibility index (Phi) is 4.04. The van der Waals surface area contributed by atoms with Crippen molar-refractivity contribution < 1.29 is 18.8 Å². The highest BCUT2D eigenvalue weighted by Crippen LogP contribution is 2.18. The molecule has 0 aliphatic carbocycles. The average molecular weight is 342 g/mol. The number of halogens is 2. The third kappa shape index (κ3) is 2.97. The Morgan fingerprint density at radius 3 is 2.75 bits per heavy atom.